The van der Waals surface area contributed by atoms with Gasteiger partial charge in [0.25, 0.3) is 5.56 Å². The summed E-state index contributed by atoms with van der Waals surface area (Å²) in [5.41, 5.74) is 2.45. The molecule has 1 amide bonds. The predicted octanol–water partition coefficient (Wildman–Crippen LogP) is 2.54. The van der Waals surface area contributed by atoms with Crippen LogP contribution in [0.3, 0.4) is 0 Å². The monoisotopic (exact) mass is 409 g/mol. The minimum atomic E-state index is -0.326. The summed E-state index contributed by atoms with van der Waals surface area (Å²) >= 11 is 1.44. The Bertz CT molecular complexity index is 1300. The van der Waals surface area contributed by atoms with Crippen molar-refractivity contribution in [3.63, 3.8) is 0 Å². The van der Waals surface area contributed by atoms with Gasteiger partial charge in [0.05, 0.1) is 16.4 Å². The number of carbonyl (C=O) groups is 1. The lowest BCUT2D eigenvalue weighted by atomic mass is 10.1. The van der Waals surface area contributed by atoms with Gasteiger partial charge in [0.15, 0.2) is 5.65 Å². The predicted molar refractivity (Wildman–Crippen MR) is 109 cm³/mol. The fraction of sp³-hybridized carbons (Fsp3) is 0.368. The Hall–Kier alpha value is -3.14. The maximum absolute atomic E-state index is 13.0. The quantitative estimate of drug-likeness (QED) is 0.543. The van der Waals surface area contributed by atoms with Crippen LogP contribution in [-0.4, -0.2) is 35.3 Å². The number of nitrogens with zero attached hydrogens (tertiary/aromatic N) is 6. The van der Waals surface area contributed by atoms with Gasteiger partial charge >= 0.3 is 0 Å². The fourth-order valence-electron chi connectivity index (χ4n) is 3.23. The van der Waals surface area contributed by atoms with Crippen LogP contribution < -0.4 is 10.9 Å². The van der Waals surface area contributed by atoms with Crippen LogP contribution in [0.2, 0.25) is 0 Å². The van der Waals surface area contributed by atoms with E-state index in [1.807, 2.05) is 13.8 Å². The van der Waals surface area contributed by atoms with E-state index >= 15 is 0 Å². The zero-order valence-corrected chi connectivity index (χ0v) is 16.8. The number of hydrogen-bond acceptors (Lipinski definition) is 7. The average molecular weight is 409 g/mol. The van der Waals surface area contributed by atoms with Crippen molar-refractivity contribution in [1.82, 2.24) is 29.4 Å². The molecule has 5 rings (SSSR count). The number of hydrogen-bond donors (Lipinski definition) is 1. The summed E-state index contributed by atoms with van der Waals surface area (Å²) in [4.78, 5) is 30.2. The number of aromatic nitrogens is 6. The Balaban J connectivity index is 1.46. The Morgan fingerprint density at radius 1 is 1.34 bits per heavy atom. The van der Waals surface area contributed by atoms with E-state index in [9.17, 15) is 9.59 Å². The van der Waals surface area contributed by atoms with E-state index in [1.54, 1.807) is 29.1 Å². The number of nitrogens with one attached hydrogen (secondary N) is 1. The number of fused-ring (bicyclic) bond motifs is 2. The Kier molecular flexibility index (Phi) is 4.16. The van der Waals surface area contributed by atoms with E-state index in [-0.39, 0.29) is 23.9 Å². The van der Waals surface area contributed by atoms with Crippen molar-refractivity contribution in [2.24, 2.45) is 0 Å². The van der Waals surface area contributed by atoms with E-state index < -0.39 is 0 Å². The number of carbonyl (C=O) groups excluding carboxylic acids is 1. The van der Waals surface area contributed by atoms with Crippen LogP contribution in [0.4, 0.5) is 5.69 Å². The van der Waals surface area contributed by atoms with Crippen molar-refractivity contribution in [2.75, 3.05) is 5.32 Å². The SMILES string of the molecule is CC(C)c1nn(CC(=O)Nc2ccc3nncn3c2)c(=O)c2sc(C3CC3)nc12. The molecule has 148 valence electrons. The molecule has 29 heavy (non-hydrogen) atoms. The Morgan fingerprint density at radius 2 is 2.17 bits per heavy atom. The van der Waals surface area contributed by atoms with Crippen molar-refractivity contribution < 1.29 is 4.79 Å². The zero-order chi connectivity index (χ0) is 20.1. The second-order valence-electron chi connectivity index (χ2n) is 7.57. The van der Waals surface area contributed by atoms with Crippen LogP contribution in [-0.2, 0) is 11.3 Å². The Morgan fingerprint density at radius 3 is 2.93 bits per heavy atom. The van der Waals surface area contributed by atoms with Gasteiger partial charge in [-0.2, -0.15) is 5.10 Å². The van der Waals surface area contributed by atoms with E-state index in [2.05, 4.69) is 20.6 Å². The highest BCUT2D eigenvalue weighted by atomic mass is 32.1. The lowest BCUT2D eigenvalue weighted by Crippen LogP contribution is -2.30. The van der Waals surface area contributed by atoms with Crippen molar-refractivity contribution in [3.8, 4) is 0 Å². The molecule has 0 unspecified atom stereocenters. The number of thiazole rings is 1. The molecule has 1 saturated carbocycles. The van der Waals surface area contributed by atoms with Crippen LogP contribution in [0.5, 0.6) is 0 Å². The van der Waals surface area contributed by atoms with Gasteiger partial charge in [-0.1, -0.05) is 13.8 Å². The van der Waals surface area contributed by atoms with Gasteiger partial charge in [-0.25, -0.2) is 9.67 Å². The molecular weight excluding hydrogens is 390 g/mol. The van der Waals surface area contributed by atoms with E-state index in [4.69, 9.17) is 4.98 Å². The standard InChI is InChI=1S/C19H19N7O2S/c1-10(2)15-16-17(29-18(22-16)11-3-4-11)19(28)26(24-15)8-14(27)21-12-5-6-13-23-20-9-25(13)7-12/h5-7,9-11H,3-4,8H2,1-2H3,(H,21,27). The topological polar surface area (TPSA) is 107 Å². The maximum Gasteiger partial charge on any atom is 0.286 e. The van der Waals surface area contributed by atoms with Gasteiger partial charge in [0, 0.05) is 12.1 Å². The van der Waals surface area contributed by atoms with Gasteiger partial charge in [0.2, 0.25) is 5.91 Å². The minimum Gasteiger partial charge on any atom is -0.323 e. The van der Waals surface area contributed by atoms with Gasteiger partial charge in [-0.05, 0) is 30.9 Å². The molecule has 0 aliphatic heterocycles. The lowest BCUT2D eigenvalue weighted by molar-refractivity contribution is -0.117. The molecule has 10 heteroatoms. The summed E-state index contributed by atoms with van der Waals surface area (Å²) in [6.07, 6.45) is 5.52. The summed E-state index contributed by atoms with van der Waals surface area (Å²) in [7, 11) is 0. The molecule has 9 nitrogen and oxygen atoms in total. The molecule has 1 aliphatic rings. The van der Waals surface area contributed by atoms with Crippen molar-refractivity contribution in [1.29, 1.82) is 0 Å². The largest absolute Gasteiger partial charge is 0.323 e. The molecule has 0 atom stereocenters. The number of rotatable bonds is 5. The second-order valence-corrected chi connectivity index (χ2v) is 8.60. The van der Waals surface area contributed by atoms with Gasteiger partial charge in [-0.15, -0.1) is 21.5 Å². The van der Waals surface area contributed by atoms with Crippen LogP contribution in [0.15, 0.2) is 29.5 Å². The highest BCUT2D eigenvalue weighted by molar-refractivity contribution is 7.18. The van der Waals surface area contributed by atoms with Crippen molar-refractivity contribution in [2.45, 2.75) is 45.1 Å². The maximum atomic E-state index is 13.0. The van der Waals surface area contributed by atoms with E-state index in [0.29, 0.717) is 27.5 Å². The Labute approximate surface area is 169 Å². The zero-order valence-electron chi connectivity index (χ0n) is 16.0. The number of amides is 1. The molecule has 4 heterocycles. The first-order valence-corrected chi connectivity index (χ1v) is 10.3. The smallest absolute Gasteiger partial charge is 0.286 e. The molecule has 4 aromatic rings. The molecular formula is C19H19N7O2S. The highest BCUT2D eigenvalue weighted by Crippen LogP contribution is 2.43. The average Bonchev–Trinajstić information content (AvgIpc) is 3.26. The van der Waals surface area contributed by atoms with Crippen LogP contribution in [0, 0.1) is 0 Å². The summed E-state index contributed by atoms with van der Waals surface area (Å²) in [6.45, 7) is 3.87. The van der Waals surface area contributed by atoms with Crippen molar-refractivity contribution in [3.05, 3.63) is 45.7 Å². The second kappa shape index (κ2) is 6.73. The molecule has 0 aromatic carbocycles. The first-order chi connectivity index (χ1) is 14.0. The summed E-state index contributed by atoms with van der Waals surface area (Å²) in [6, 6.07) is 3.50. The van der Waals surface area contributed by atoms with Gasteiger partial charge in [0.1, 0.15) is 23.1 Å². The summed E-state index contributed by atoms with van der Waals surface area (Å²) in [5, 5.41) is 16.0. The van der Waals surface area contributed by atoms with E-state index in [0.717, 1.165) is 23.5 Å². The van der Waals surface area contributed by atoms with Crippen LogP contribution in [0.1, 0.15) is 49.2 Å². The molecule has 4 aromatic heterocycles. The third-order valence-electron chi connectivity index (χ3n) is 4.88. The molecule has 0 spiro atoms. The molecule has 1 N–H and O–H groups in total. The minimum absolute atomic E-state index is 0.0951. The first kappa shape index (κ1) is 17.9. The van der Waals surface area contributed by atoms with Crippen LogP contribution in [0.25, 0.3) is 15.9 Å². The molecule has 1 aliphatic carbocycles. The highest BCUT2D eigenvalue weighted by Gasteiger charge is 2.29. The van der Waals surface area contributed by atoms with E-state index in [1.165, 1.54) is 16.0 Å². The van der Waals surface area contributed by atoms with Gasteiger partial charge < -0.3 is 5.32 Å². The molecule has 1 fully saturated rings. The van der Waals surface area contributed by atoms with Crippen molar-refractivity contribution >= 4 is 38.8 Å². The number of pyridine rings is 1. The molecule has 0 saturated heterocycles. The summed E-state index contributed by atoms with van der Waals surface area (Å²) < 4.78 is 3.54. The van der Waals surface area contributed by atoms with Crippen LogP contribution >= 0.6 is 11.3 Å². The lowest BCUT2D eigenvalue weighted by Gasteiger charge is -2.11. The third kappa shape index (κ3) is 3.29. The summed E-state index contributed by atoms with van der Waals surface area (Å²) in [5.74, 6) is 0.238. The normalized spacial score (nSPS) is 14.2. The third-order valence-corrected chi connectivity index (χ3v) is 6.09. The fourth-order valence-corrected chi connectivity index (χ4v) is 4.42. The molecule has 0 bridgehead atoms. The first-order valence-electron chi connectivity index (χ1n) is 9.50. The number of anilines is 1. The van der Waals surface area contributed by atoms with Gasteiger partial charge in [-0.3, -0.25) is 14.0 Å². The molecule has 0 radical (unpaired) electrons.